The van der Waals surface area contributed by atoms with Gasteiger partial charge in [-0.15, -0.1) is 0 Å². The molecule has 0 radical (unpaired) electrons. The van der Waals surface area contributed by atoms with Gasteiger partial charge in [-0.25, -0.2) is 4.79 Å². The number of carboxylic acids is 1. The Labute approximate surface area is 157 Å². The van der Waals surface area contributed by atoms with E-state index < -0.39 is 5.97 Å². The van der Waals surface area contributed by atoms with E-state index in [1.807, 2.05) is 18.2 Å². The van der Waals surface area contributed by atoms with Crippen LogP contribution in [-0.4, -0.2) is 16.9 Å². The molecule has 0 fully saturated rings. The van der Waals surface area contributed by atoms with Crippen LogP contribution in [-0.2, 0) is 0 Å². The molecule has 0 aromatic heterocycles. The van der Waals surface area contributed by atoms with Crippen molar-refractivity contribution in [1.29, 1.82) is 0 Å². The van der Waals surface area contributed by atoms with Gasteiger partial charge in [0, 0.05) is 16.1 Å². The minimum atomic E-state index is -1.03. The number of benzene rings is 1. The van der Waals surface area contributed by atoms with Gasteiger partial charge in [0.2, 0.25) is 0 Å². The Hall–Kier alpha value is -2.65. The van der Waals surface area contributed by atoms with Crippen molar-refractivity contribution in [3.8, 4) is 11.1 Å². The molecule has 2 aliphatic rings. The van der Waals surface area contributed by atoms with Crippen molar-refractivity contribution < 1.29 is 14.7 Å². The average molecular weight is 367 g/mol. The van der Waals surface area contributed by atoms with E-state index in [1.54, 1.807) is 37.3 Å². The number of aromatic carboxylic acids is 1. The molecule has 3 nitrogen and oxygen atoms in total. The van der Waals surface area contributed by atoms with Crippen molar-refractivity contribution in [2.45, 2.75) is 26.7 Å². The quantitative estimate of drug-likeness (QED) is 0.593. The smallest absolute Gasteiger partial charge is 0.336 e. The third-order valence-electron chi connectivity index (χ3n) is 4.68. The lowest BCUT2D eigenvalue weighted by Gasteiger charge is -2.04. The summed E-state index contributed by atoms with van der Waals surface area (Å²) in [7, 11) is 0. The molecule has 0 atom stereocenters. The summed E-state index contributed by atoms with van der Waals surface area (Å²) in [5, 5.41) is 10.2. The van der Waals surface area contributed by atoms with Crippen molar-refractivity contribution in [3.05, 3.63) is 81.4 Å². The fourth-order valence-electron chi connectivity index (χ4n) is 3.26. The SMILES string of the molecule is Cc1c(C(=O)O)c2ccc(C(C)C)ccc-2c1C(=O)c1ccc(Cl)cc1. The number of carbonyl (C=O) groups is 2. The van der Waals surface area contributed by atoms with E-state index in [-0.39, 0.29) is 11.3 Å². The summed E-state index contributed by atoms with van der Waals surface area (Å²) in [6.07, 6.45) is 0. The van der Waals surface area contributed by atoms with Crippen molar-refractivity contribution in [2.24, 2.45) is 0 Å². The molecule has 0 saturated carbocycles. The van der Waals surface area contributed by atoms with E-state index in [0.29, 0.717) is 38.8 Å². The molecule has 0 amide bonds. The lowest BCUT2D eigenvalue weighted by molar-refractivity contribution is 0.0697. The lowest BCUT2D eigenvalue weighted by atomic mass is 9.99. The largest absolute Gasteiger partial charge is 0.478 e. The molecular weight excluding hydrogens is 348 g/mol. The number of hydrogen-bond donors (Lipinski definition) is 1. The standard InChI is InChI=1S/C22H19ClO3/c1-12(2)14-6-10-17-18(11-7-14)20(22(25)26)13(3)19(17)21(24)15-4-8-16(23)9-5-15/h4-12H,1-3H3,(H,25,26). The second kappa shape index (κ2) is 6.93. The van der Waals surface area contributed by atoms with Gasteiger partial charge in [-0.2, -0.15) is 0 Å². The highest BCUT2D eigenvalue weighted by Gasteiger charge is 2.28. The third kappa shape index (κ3) is 3.11. The van der Waals surface area contributed by atoms with Gasteiger partial charge in [-0.1, -0.05) is 49.7 Å². The maximum absolute atomic E-state index is 13.1. The number of hydrogen-bond acceptors (Lipinski definition) is 2. The zero-order chi connectivity index (χ0) is 19.0. The summed E-state index contributed by atoms with van der Waals surface area (Å²) in [6, 6.07) is 14.2. The number of carbonyl (C=O) groups excluding carboxylic acids is 1. The monoisotopic (exact) mass is 366 g/mol. The first kappa shape index (κ1) is 18.2. The van der Waals surface area contributed by atoms with Crippen LogP contribution >= 0.6 is 11.6 Å². The molecule has 0 heterocycles. The summed E-state index contributed by atoms with van der Waals surface area (Å²) >= 11 is 5.91. The number of rotatable bonds is 4. The molecule has 1 aromatic rings. The molecule has 0 saturated heterocycles. The highest BCUT2D eigenvalue weighted by atomic mass is 35.5. The van der Waals surface area contributed by atoms with Crippen LogP contribution in [0.5, 0.6) is 0 Å². The second-order valence-electron chi connectivity index (χ2n) is 6.66. The summed E-state index contributed by atoms with van der Waals surface area (Å²) in [5.74, 6) is -0.926. The number of ketones is 1. The Morgan fingerprint density at radius 1 is 0.885 bits per heavy atom. The second-order valence-corrected chi connectivity index (χ2v) is 7.10. The molecule has 3 rings (SSSR count). The summed E-state index contributed by atoms with van der Waals surface area (Å²) in [6.45, 7) is 5.84. The molecule has 0 spiro atoms. The molecule has 1 aromatic carbocycles. The number of fused-ring (bicyclic) bond motifs is 1. The average Bonchev–Trinajstić information content (AvgIpc) is 2.72. The molecule has 0 unspecified atom stereocenters. The summed E-state index contributed by atoms with van der Waals surface area (Å²) in [4.78, 5) is 25.0. The minimum absolute atomic E-state index is 0.184. The fourth-order valence-corrected chi connectivity index (χ4v) is 3.38. The van der Waals surface area contributed by atoms with Crippen LogP contribution < -0.4 is 0 Å². The maximum Gasteiger partial charge on any atom is 0.336 e. The normalized spacial score (nSPS) is 11.1. The van der Waals surface area contributed by atoms with Crippen LogP contribution in [0.2, 0.25) is 5.02 Å². The predicted molar refractivity (Wildman–Crippen MR) is 104 cm³/mol. The molecule has 26 heavy (non-hydrogen) atoms. The lowest BCUT2D eigenvalue weighted by Crippen LogP contribution is -2.04. The van der Waals surface area contributed by atoms with E-state index in [0.717, 1.165) is 5.56 Å². The molecular formula is C22H19ClO3. The topological polar surface area (TPSA) is 54.4 Å². The van der Waals surface area contributed by atoms with Crippen molar-refractivity contribution in [3.63, 3.8) is 0 Å². The van der Waals surface area contributed by atoms with Crippen LogP contribution in [0, 0.1) is 6.92 Å². The Morgan fingerprint density at radius 3 is 1.92 bits per heavy atom. The van der Waals surface area contributed by atoms with Crippen molar-refractivity contribution in [1.82, 2.24) is 0 Å². The van der Waals surface area contributed by atoms with Crippen LogP contribution in [0.15, 0.2) is 48.5 Å². The van der Waals surface area contributed by atoms with Gasteiger partial charge in [0.05, 0.1) is 5.56 Å². The third-order valence-corrected chi connectivity index (χ3v) is 4.93. The van der Waals surface area contributed by atoms with Gasteiger partial charge in [0.1, 0.15) is 0 Å². The van der Waals surface area contributed by atoms with Gasteiger partial charge < -0.3 is 5.11 Å². The molecule has 1 N–H and O–H groups in total. The Kier molecular flexibility index (Phi) is 4.84. The van der Waals surface area contributed by atoms with Gasteiger partial charge in [-0.05, 0) is 59.4 Å². The van der Waals surface area contributed by atoms with Gasteiger partial charge in [0.15, 0.2) is 5.78 Å². The van der Waals surface area contributed by atoms with E-state index >= 15 is 0 Å². The molecule has 0 bridgehead atoms. The Balaban J connectivity index is 2.27. The number of halogens is 1. The Morgan fingerprint density at radius 2 is 1.42 bits per heavy atom. The zero-order valence-electron chi connectivity index (χ0n) is 14.8. The van der Waals surface area contributed by atoms with Gasteiger partial charge in [0.25, 0.3) is 0 Å². The highest BCUT2D eigenvalue weighted by molar-refractivity contribution is 6.30. The maximum atomic E-state index is 13.1. The number of carboxylic acid groups (broad SMARTS) is 1. The van der Waals surface area contributed by atoms with Crippen LogP contribution in [0.3, 0.4) is 0 Å². The van der Waals surface area contributed by atoms with Gasteiger partial charge >= 0.3 is 5.97 Å². The molecule has 4 heteroatoms. The van der Waals surface area contributed by atoms with Crippen LogP contribution in [0.4, 0.5) is 0 Å². The zero-order valence-corrected chi connectivity index (χ0v) is 15.6. The Bertz CT molecular complexity index is 971. The fraction of sp³-hybridized carbons (Fsp3) is 0.182. The van der Waals surface area contributed by atoms with Crippen LogP contribution in [0.25, 0.3) is 11.1 Å². The molecule has 2 aliphatic carbocycles. The summed E-state index contributed by atoms with van der Waals surface area (Å²) in [5.41, 5.74) is 3.92. The van der Waals surface area contributed by atoms with E-state index in [4.69, 9.17) is 11.6 Å². The first-order valence-corrected chi connectivity index (χ1v) is 8.78. The van der Waals surface area contributed by atoms with Gasteiger partial charge in [-0.3, -0.25) is 4.79 Å². The first-order chi connectivity index (χ1) is 12.3. The molecule has 132 valence electrons. The van der Waals surface area contributed by atoms with E-state index in [1.165, 1.54) is 0 Å². The van der Waals surface area contributed by atoms with E-state index in [9.17, 15) is 14.7 Å². The summed E-state index contributed by atoms with van der Waals surface area (Å²) < 4.78 is 0. The van der Waals surface area contributed by atoms with E-state index in [2.05, 4.69) is 13.8 Å². The molecule has 0 aliphatic heterocycles. The first-order valence-electron chi connectivity index (χ1n) is 8.41. The van der Waals surface area contributed by atoms with Crippen molar-refractivity contribution >= 4 is 23.4 Å². The van der Waals surface area contributed by atoms with Crippen LogP contribution in [0.1, 0.15) is 57.2 Å². The van der Waals surface area contributed by atoms with Crippen molar-refractivity contribution in [2.75, 3.05) is 0 Å². The predicted octanol–water partition coefficient (Wildman–Crippen LogP) is 5.81. The minimum Gasteiger partial charge on any atom is -0.478 e. The highest BCUT2D eigenvalue weighted by Crippen LogP contribution is 2.38.